The lowest BCUT2D eigenvalue weighted by atomic mass is 10.1. The van der Waals surface area contributed by atoms with Crippen molar-refractivity contribution < 1.29 is 0 Å². The van der Waals surface area contributed by atoms with Crippen LogP contribution in [0.1, 0.15) is 41.4 Å². The largest absolute Gasteiger partial charge is 0.294 e. The van der Waals surface area contributed by atoms with E-state index in [0.29, 0.717) is 5.92 Å². The Morgan fingerprint density at radius 2 is 1.95 bits per heavy atom. The van der Waals surface area contributed by atoms with Gasteiger partial charge in [-0.3, -0.25) is 4.90 Å². The van der Waals surface area contributed by atoms with Crippen LogP contribution in [-0.2, 0) is 19.5 Å². The van der Waals surface area contributed by atoms with E-state index in [2.05, 4.69) is 9.88 Å². The molecule has 1 aromatic carbocycles. The van der Waals surface area contributed by atoms with Gasteiger partial charge in [-0.1, -0.05) is 29.3 Å². The second kappa shape index (κ2) is 5.80. The summed E-state index contributed by atoms with van der Waals surface area (Å²) in [5.41, 5.74) is 3.46. The molecule has 0 amide bonds. The molecule has 3 nitrogen and oxygen atoms in total. The van der Waals surface area contributed by atoms with Gasteiger partial charge in [0, 0.05) is 65.0 Å². The van der Waals surface area contributed by atoms with E-state index >= 15 is 0 Å². The lowest BCUT2D eigenvalue weighted by Crippen LogP contribution is -2.31. The molecule has 0 bridgehead atoms. The quantitative estimate of drug-likeness (QED) is 0.842. The predicted molar refractivity (Wildman–Crippen MR) is 88.3 cm³/mol. The minimum absolute atomic E-state index is 0.616. The fourth-order valence-electron chi connectivity index (χ4n) is 2.97. The van der Waals surface area contributed by atoms with Gasteiger partial charge in [0.1, 0.15) is 5.82 Å². The molecule has 0 unspecified atom stereocenters. The smallest absolute Gasteiger partial charge is 0.131 e. The topological polar surface area (TPSA) is 29.0 Å². The van der Waals surface area contributed by atoms with Gasteiger partial charge in [-0.15, -0.1) is 0 Å². The van der Waals surface area contributed by atoms with Crippen molar-refractivity contribution in [3.8, 4) is 0 Å². The molecule has 114 valence electrons. The average Bonchev–Trinajstić information content (AvgIpc) is 3.35. The van der Waals surface area contributed by atoms with E-state index < -0.39 is 0 Å². The first-order valence-corrected chi connectivity index (χ1v) is 8.46. The third-order valence-corrected chi connectivity index (χ3v) is 5.13. The SMILES string of the molecule is Clc1cccc(Cl)c1CN1CCc2nc(C3CC3)ncc2C1. The van der Waals surface area contributed by atoms with Crippen LogP contribution in [0.2, 0.25) is 10.0 Å². The van der Waals surface area contributed by atoms with Crippen molar-refractivity contribution in [3.05, 3.63) is 57.1 Å². The molecular formula is C17H17Cl2N3. The van der Waals surface area contributed by atoms with E-state index in [4.69, 9.17) is 28.2 Å². The molecule has 1 saturated carbocycles. The second-order valence-electron chi connectivity index (χ2n) is 6.14. The van der Waals surface area contributed by atoms with Gasteiger partial charge in [0.05, 0.1) is 0 Å². The third kappa shape index (κ3) is 2.85. The number of halogens is 2. The molecule has 0 saturated heterocycles. The molecule has 0 atom stereocenters. The van der Waals surface area contributed by atoms with Gasteiger partial charge in [-0.2, -0.15) is 0 Å². The molecule has 1 aromatic heterocycles. The van der Waals surface area contributed by atoms with Crippen LogP contribution in [0, 0.1) is 0 Å². The molecule has 2 aliphatic rings. The van der Waals surface area contributed by atoms with Crippen LogP contribution in [0.25, 0.3) is 0 Å². The van der Waals surface area contributed by atoms with Gasteiger partial charge < -0.3 is 0 Å². The molecular weight excluding hydrogens is 317 g/mol. The van der Waals surface area contributed by atoms with E-state index in [9.17, 15) is 0 Å². The summed E-state index contributed by atoms with van der Waals surface area (Å²) in [6.45, 7) is 2.61. The van der Waals surface area contributed by atoms with E-state index in [-0.39, 0.29) is 0 Å². The number of fused-ring (bicyclic) bond motifs is 1. The van der Waals surface area contributed by atoms with Gasteiger partial charge >= 0.3 is 0 Å². The molecule has 5 heteroatoms. The van der Waals surface area contributed by atoms with Crippen molar-refractivity contribution in [1.82, 2.24) is 14.9 Å². The van der Waals surface area contributed by atoms with E-state index in [1.165, 1.54) is 24.1 Å². The molecule has 0 N–H and O–H groups in total. The molecule has 0 radical (unpaired) electrons. The minimum Gasteiger partial charge on any atom is -0.294 e. The maximum Gasteiger partial charge on any atom is 0.131 e. The average molecular weight is 334 g/mol. The van der Waals surface area contributed by atoms with Crippen LogP contribution >= 0.6 is 23.2 Å². The highest BCUT2D eigenvalue weighted by Gasteiger charge is 2.28. The molecule has 0 spiro atoms. The number of rotatable bonds is 3. The summed E-state index contributed by atoms with van der Waals surface area (Å²) in [6.07, 6.45) is 5.47. The molecule has 22 heavy (non-hydrogen) atoms. The summed E-state index contributed by atoms with van der Waals surface area (Å²) in [5, 5.41) is 1.47. The van der Waals surface area contributed by atoms with Gasteiger partial charge in [-0.05, 0) is 25.0 Å². The van der Waals surface area contributed by atoms with Gasteiger partial charge in [0.25, 0.3) is 0 Å². The lowest BCUT2D eigenvalue weighted by Gasteiger charge is -2.28. The van der Waals surface area contributed by atoms with Crippen molar-refractivity contribution in [2.75, 3.05) is 6.54 Å². The number of hydrogen-bond donors (Lipinski definition) is 0. The summed E-state index contributed by atoms with van der Waals surface area (Å²) in [5.74, 6) is 1.66. The number of aromatic nitrogens is 2. The summed E-state index contributed by atoms with van der Waals surface area (Å²) >= 11 is 12.6. The normalized spacial score (nSPS) is 18.3. The van der Waals surface area contributed by atoms with Crippen molar-refractivity contribution in [2.24, 2.45) is 0 Å². The fourth-order valence-corrected chi connectivity index (χ4v) is 3.49. The Balaban J connectivity index is 1.52. The summed E-state index contributed by atoms with van der Waals surface area (Å²) in [7, 11) is 0. The molecule has 2 aromatic rings. The fraction of sp³-hybridized carbons (Fsp3) is 0.412. The first-order chi connectivity index (χ1) is 10.7. The Kier molecular flexibility index (Phi) is 3.81. The van der Waals surface area contributed by atoms with Crippen LogP contribution in [0.3, 0.4) is 0 Å². The highest BCUT2D eigenvalue weighted by molar-refractivity contribution is 6.35. The van der Waals surface area contributed by atoms with E-state index in [1.807, 2.05) is 24.4 Å². The molecule has 1 aliphatic heterocycles. The number of nitrogens with zero attached hydrogens (tertiary/aromatic N) is 3. The molecule has 2 heterocycles. The highest BCUT2D eigenvalue weighted by atomic mass is 35.5. The maximum absolute atomic E-state index is 6.28. The zero-order valence-corrected chi connectivity index (χ0v) is 13.7. The van der Waals surface area contributed by atoms with Crippen LogP contribution in [-0.4, -0.2) is 21.4 Å². The monoisotopic (exact) mass is 333 g/mol. The summed E-state index contributed by atoms with van der Waals surface area (Å²) in [4.78, 5) is 11.7. The lowest BCUT2D eigenvalue weighted by molar-refractivity contribution is 0.242. The molecule has 1 fully saturated rings. The Hall–Kier alpha value is -1.16. The Labute approximate surface area is 140 Å². The van der Waals surface area contributed by atoms with E-state index in [0.717, 1.165) is 47.5 Å². The summed E-state index contributed by atoms with van der Waals surface area (Å²) in [6, 6.07) is 5.67. The van der Waals surface area contributed by atoms with Crippen molar-refractivity contribution in [1.29, 1.82) is 0 Å². The van der Waals surface area contributed by atoms with Crippen LogP contribution in [0.5, 0.6) is 0 Å². The second-order valence-corrected chi connectivity index (χ2v) is 6.95. The standard InChI is InChI=1S/C17H17Cl2N3/c18-14-2-1-3-15(19)13(14)10-22-7-6-16-12(9-22)8-20-17(21-16)11-4-5-11/h1-3,8,11H,4-7,9-10H2. The van der Waals surface area contributed by atoms with Crippen LogP contribution in [0.4, 0.5) is 0 Å². The number of benzene rings is 1. The first-order valence-electron chi connectivity index (χ1n) is 7.70. The van der Waals surface area contributed by atoms with Crippen LogP contribution in [0.15, 0.2) is 24.4 Å². The first kappa shape index (κ1) is 14.4. The van der Waals surface area contributed by atoms with Crippen molar-refractivity contribution in [3.63, 3.8) is 0 Å². The Bertz CT molecular complexity index is 693. The van der Waals surface area contributed by atoms with Gasteiger partial charge in [0.2, 0.25) is 0 Å². The predicted octanol–water partition coefficient (Wildman–Crippen LogP) is 4.22. The van der Waals surface area contributed by atoms with Crippen LogP contribution < -0.4 is 0 Å². The summed E-state index contributed by atoms with van der Waals surface area (Å²) < 4.78 is 0. The molecule has 4 rings (SSSR count). The molecule has 1 aliphatic carbocycles. The van der Waals surface area contributed by atoms with Crippen molar-refractivity contribution >= 4 is 23.2 Å². The third-order valence-electron chi connectivity index (χ3n) is 4.42. The van der Waals surface area contributed by atoms with E-state index in [1.54, 1.807) is 0 Å². The maximum atomic E-state index is 6.28. The zero-order valence-electron chi connectivity index (χ0n) is 12.2. The Morgan fingerprint density at radius 1 is 1.18 bits per heavy atom. The van der Waals surface area contributed by atoms with Crippen molar-refractivity contribution in [2.45, 2.75) is 38.3 Å². The number of hydrogen-bond acceptors (Lipinski definition) is 3. The highest BCUT2D eigenvalue weighted by Crippen LogP contribution is 2.38. The van der Waals surface area contributed by atoms with Gasteiger partial charge in [0.15, 0.2) is 0 Å². The van der Waals surface area contributed by atoms with Gasteiger partial charge in [-0.25, -0.2) is 9.97 Å². The zero-order chi connectivity index (χ0) is 15.1. The Morgan fingerprint density at radius 3 is 2.68 bits per heavy atom. The minimum atomic E-state index is 0.616.